The van der Waals surface area contributed by atoms with E-state index in [4.69, 9.17) is 0 Å². The van der Waals surface area contributed by atoms with Gasteiger partial charge in [-0.05, 0) is 19.1 Å². The minimum Gasteiger partial charge on any atom is -0.438 e. The highest BCUT2D eigenvalue weighted by molar-refractivity contribution is 9.10. The highest BCUT2D eigenvalue weighted by Crippen LogP contribution is 2.33. The number of aryl methyl sites for hydroxylation is 1. The molecule has 0 fully saturated rings. The molecule has 0 saturated heterocycles. The Bertz CT molecular complexity index is 531. The van der Waals surface area contributed by atoms with Gasteiger partial charge in [0, 0.05) is 10.0 Å². The van der Waals surface area contributed by atoms with Crippen LogP contribution in [-0.4, -0.2) is 4.98 Å². The summed E-state index contributed by atoms with van der Waals surface area (Å²) in [5, 5.41) is 0. The van der Waals surface area contributed by atoms with Crippen molar-refractivity contribution in [2.45, 2.75) is 13.1 Å². The molecule has 0 atom stereocenters. The zero-order chi connectivity index (χ0) is 12.6. The van der Waals surface area contributed by atoms with Crippen LogP contribution in [0.2, 0.25) is 0 Å². The first-order valence-corrected chi connectivity index (χ1v) is 5.48. The van der Waals surface area contributed by atoms with Crippen molar-refractivity contribution in [1.29, 1.82) is 0 Å². The van der Waals surface area contributed by atoms with Gasteiger partial charge in [-0.1, -0.05) is 28.1 Å². The largest absolute Gasteiger partial charge is 0.468 e. The Kier molecular flexibility index (Phi) is 2.99. The zero-order valence-electron chi connectivity index (χ0n) is 8.68. The first kappa shape index (κ1) is 12.2. The zero-order valence-corrected chi connectivity index (χ0v) is 10.3. The van der Waals surface area contributed by atoms with Gasteiger partial charge in [0.05, 0.1) is 0 Å². The van der Waals surface area contributed by atoms with Gasteiger partial charge in [0.2, 0.25) is 0 Å². The van der Waals surface area contributed by atoms with Gasteiger partial charge < -0.3 is 4.42 Å². The first-order chi connectivity index (χ1) is 7.88. The Balaban J connectivity index is 2.46. The summed E-state index contributed by atoms with van der Waals surface area (Å²) in [6.45, 7) is 1.46. The lowest BCUT2D eigenvalue weighted by atomic mass is 10.1. The summed E-state index contributed by atoms with van der Waals surface area (Å²) < 4.78 is 42.7. The molecule has 90 valence electrons. The van der Waals surface area contributed by atoms with Crippen LogP contribution in [0, 0.1) is 6.92 Å². The van der Waals surface area contributed by atoms with Crippen LogP contribution in [-0.2, 0) is 6.18 Å². The second kappa shape index (κ2) is 4.18. The maximum absolute atomic E-state index is 12.4. The number of halogens is 4. The van der Waals surface area contributed by atoms with E-state index in [9.17, 15) is 13.2 Å². The molecule has 1 aromatic carbocycles. The highest BCUT2D eigenvalue weighted by Gasteiger charge is 2.38. The molecule has 1 heterocycles. The van der Waals surface area contributed by atoms with Crippen molar-refractivity contribution in [2.24, 2.45) is 0 Å². The molecule has 0 aliphatic heterocycles. The van der Waals surface area contributed by atoms with Gasteiger partial charge in [-0.3, -0.25) is 0 Å². The van der Waals surface area contributed by atoms with Gasteiger partial charge in [-0.25, -0.2) is 4.98 Å². The monoisotopic (exact) mass is 305 g/mol. The standard InChI is InChI=1S/C11H7BrF3NO/c1-6-9(7-2-4-8(12)5-3-7)16-10(17-6)11(13,14)15/h2-5H,1H3. The normalized spacial score (nSPS) is 11.8. The fourth-order valence-electron chi connectivity index (χ4n) is 1.39. The van der Waals surface area contributed by atoms with E-state index in [1.54, 1.807) is 24.3 Å². The van der Waals surface area contributed by atoms with Crippen LogP contribution in [0.15, 0.2) is 33.2 Å². The van der Waals surface area contributed by atoms with Crippen LogP contribution in [0.5, 0.6) is 0 Å². The van der Waals surface area contributed by atoms with Gasteiger partial charge in [-0.15, -0.1) is 0 Å². The molecule has 1 aromatic heterocycles. The maximum atomic E-state index is 12.4. The predicted octanol–water partition coefficient (Wildman–Crippen LogP) is 4.43. The average Bonchev–Trinajstić information content (AvgIpc) is 2.61. The molecular weight excluding hydrogens is 299 g/mol. The van der Waals surface area contributed by atoms with Crippen molar-refractivity contribution in [2.75, 3.05) is 0 Å². The van der Waals surface area contributed by atoms with E-state index >= 15 is 0 Å². The van der Waals surface area contributed by atoms with E-state index in [1.807, 2.05) is 0 Å². The van der Waals surface area contributed by atoms with Crippen LogP contribution >= 0.6 is 15.9 Å². The maximum Gasteiger partial charge on any atom is 0.468 e. The van der Waals surface area contributed by atoms with Crippen LogP contribution in [0.3, 0.4) is 0 Å². The molecule has 2 rings (SSSR count). The number of oxazole rings is 1. The lowest BCUT2D eigenvalue weighted by Crippen LogP contribution is -2.04. The molecule has 17 heavy (non-hydrogen) atoms. The second-order valence-corrected chi connectivity index (χ2v) is 4.34. The second-order valence-electron chi connectivity index (χ2n) is 3.43. The molecule has 2 nitrogen and oxygen atoms in total. The van der Waals surface area contributed by atoms with E-state index in [1.165, 1.54) is 6.92 Å². The summed E-state index contributed by atoms with van der Waals surface area (Å²) in [5.41, 5.74) is 0.801. The van der Waals surface area contributed by atoms with Crippen molar-refractivity contribution in [1.82, 2.24) is 4.98 Å². The van der Waals surface area contributed by atoms with E-state index in [2.05, 4.69) is 25.3 Å². The van der Waals surface area contributed by atoms with Crippen molar-refractivity contribution >= 4 is 15.9 Å². The Morgan fingerprint density at radius 1 is 1.18 bits per heavy atom. The average molecular weight is 306 g/mol. The Hall–Kier alpha value is -1.30. The molecule has 6 heteroatoms. The van der Waals surface area contributed by atoms with Gasteiger partial charge in [-0.2, -0.15) is 13.2 Å². The molecule has 0 unspecified atom stereocenters. The molecular formula is C11H7BrF3NO. The predicted molar refractivity (Wildman–Crippen MR) is 59.4 cm³/mol. The Labute approximate surface area is 104 Å². The lowest BCUT2D eigenvalue weighted by molar-refractivity contribution is -0.157. The lowest BCUT2D eigenvalue weighted by Gasteiger charge is -1.98. The number of benzene rings is 1. The Morgan fingerprint density at radius 2 is 1.76 bits per heavy atom. The van der Waals surface area contributed by atoms with Gasteiger partial charge in [0.1, 0.15) is 11.5 Å². The summed E-state index contributed by atoms with van der Waals surface area (Å²) in [4.78, 5) is 3.47. The number of rotatable bonds is 1. The summed E-state index contributed by atoms with van der Waals surface area (Å²) in [6, 6.07) is 6.82. The summed E-state index contributed by atoms with van der Waals surface area (Å²) in [6.07, 6.45) is -4.56. The molecule has 0 radical (unpaired) electrons. The fourth-order valence-corrected chi connectivity index (χ4v) is 1.66. The molecule has 0 N–H and O–H groups in total. The van der Waals surface area contributed by atoms with Crippen LogP contribution < -0.4 is 0 Å². The Morgan fingerprint density at radius 3 is 2.24 bits per heavy atom. The minimum absolute atomic E-state index is 0.152. The molecule has 0 aliphatic rings. The molecule has 0 amide bonds. The summed E-state index contributed by atoms with van der Waals surface area (Å²) in [5.74, 6) is -1.06. The van der Waals surface area contributed by atoms with Gasteiger partial charge >= 0.3 is 12.1 Å². The van der Waals surface area contributed by atoms with Crippen LogP contribution in [0.1, 0.15) is 11.7 Å². The van der Waals surface area contributed by atoms with Crippen molar-refractivity contribution in [3.05, 3.63) is 40.4 Å². The fraction of sp³-hybridized carbons (Fsp3) is 0.182. The van der Waals surface area contributed by atoms with E-state index in [-0.39, 0.29) is 11.5 Å². The minimum atomic E-state index is -4.56. The third-order valence-electron chi connectivity index (χ3n) is 2.16. The van der Waals surface area contributed by atoms with Crippen LogP contribution in [0.25, 0.3) is 11.3 Å². The summed E-state index contributed by atoms with van der Waals surface area (Å²) >= 11 is 3.25. The third kappa shape index (κ3) is 2.52. The molecule has 2 aromatic rings. The number of hydrogen-bond acceptors (Lipinski definition) is 2. The van der Waals surface area contributed by atoms with Gasteiger partial charge in [0.15, 0.2) is 0 Å². The molecule has 0 saturated carbocycles. The first-order valence-electron chi connectivity index (χ1n) is 4.68. The molecule has 0 spiro atoms. The topological polar surface area (TPSA) is 26.0 Å². The van der Waals surface area contributed by atoms with Crippen molar-refractivity contribution in [3.8, 4) is 11.3 Å². The van der Waals surface area contributed by atoms with Crippen LogP contribution in [0.4, 0.5) is 13.2 Å². The quantitative estimate of drug-likeness (QED) is 0.779. The number of alkyl halides is 3. The number of hydrogen-bond donors (Lipinski definition) is 0. The smallest absolute Gasteiger partial charge is 0.438 e. The van der Waals surface area contributed by atoms with Gasteiger partial charge in [0.25, 0.3) is 0 Å². The highest BCUT2D eigenvalue weighted by atomic mass is 79.9. The SMILES string of the molecule is Cc1oc(C(F)(F)F)nc1-c1ccc(Br)cc1. The molecule has 0 aliphatic carbocycles. The number of nitrogens with zero attached hydrogens (tertiary/aromatic N) is 1. The van der Waals surface area contributed by atoms with Crippen molar-refractivity contribution < 1.29 is 17.6 Å². The number of aromatic nitrogens is 1. The van der Waals surface area contributed by atoms with E-state index < -0.39 is 12.1 Å². The molecule has 0 bridgehead atoms. The van der Waals surface area contributed by atoms with Crippen molar-refractivity contribution in [3.63, 3.8) is 0 Å². The van der Waals surface area contributed by atoms with E-state index in [0.717, 1.165) is 4.47 Å². The van der Waals surface area contributed by atoms with E-state index in [0.29, 0.717) is 5.56 Å². The third-order valence-corrected chi connectivity index (χ3v) is 2.69. The summed E-state index contributed by atoms with van der Waals surface area (Å²) in [7, 11) is 0.